The number of ether oxygens (including phenoxy) is 2. The van der Waals surface area contributed by atoms with Gasteiger partial charge in [0.1, 0.15) is 19.5 Å². The number of halogens is 1. The van der Waals surface area contributed by atoms with Gasteiger partial charge in [-0.2, -0.15) is 16.8 Å². The number of amides is 1. The average molecular weight is 415 g/mol. The van der Waals surface area contributed by atoms with Crippen molar-refractivity contribution in [2.45, 2.75) is 6.54 Å². The molecule has 1 amide bonds. The monoisotopic (exact) mass is 414 g/mol. The van der Waals surface area contributed by atoms with Gasteiger partial charge in [0.05, 0.1) is 10.2 Å². The number of hydrogen-bond acceptors (Lipinski definition) is 5. The van der Waals surface area contributed by atoms with E-state index in [1.807, 2.05) is 18.2 Å². The Labute approximate surface area is 150 Å². The Kier molecular flexibility index (Phi) is 5.45. The molecular weight excluding hydrogens is 400 g/mol. The Morgan fingerprint density at radius 1 is 1.48 bits per heavy atom. The molecule has 1 aromatic carbocycles. The highest BCUT2D eigenvalue weighted by molar-refractivity contribution is 9.10. The molecule has 0 saturated carbocycles. The van der Waals surface area contributed by atoms with Crippen LogP contribution in [0.3, 0.4) is 0 Å². The minimum absolute atomic E-state index is 0.159. The van der Waals surface area contributed by atoms with Crippen molar-refractivity contribution in [3.05, 3.63) is 39.5 Å². The van der Waals surface area contributed by atoms with Crippen molar-refractivity contribution < 1.29 is 14.3 Å². The van der Waals surface area contributed by atoms with Crippen LogP contribution in [-0.4, -0.2) is 35.7 Å². The van der Waals surface area contributed by atoms with E-state index in [-0.39, 0.29) is 5.76 Å². The van der Waals surface area contributed by atoms with Gasteiger partial charge in [-0.25, -0.2) is 0 Å². The fraction of sp³-hybridized carbons (Fsp3) is 0.333. The molecule has 8 heteroatoms. The number of rotatable bonds is 4. The lowest BCUT2D eigenvalue weighted by Gasteiger charge is -2.12. The third kappa shape index (κ3) is 3.81. The lowest BCUT2D eigenvalue weighted by Crippen LogP contribution is -2.20. The lowest BCUT2D eigenvalue weighted by atomic mass is 10.3. The van der Waals surface area contributed by atoms with Crippen LogP contribution >= 0.6 is 39.0 Å². The highest BCUT2D eigenvalue weighted by Crippen LogP contribution is 2.22. The molecule has 1 aliphatic heterocycles. The zero-order valence-electron chi connectivity index (χ0n) is 12.5. The standard InChI is InChI=1S/C15H15BrN2O3S2/c1-22-7-4-18-11-3-2-10(16)8-13(11)23-15(18)17-14(19)12-9-20-5-6-21-12/h2-3,8-9H,4-7H2,1H3. The molecule has 2 heterocycles. The van der Waals surface area contributed by atoms with Gasteiger partial charge in [0.2, 0.25) is 5.76 Å². The van der Waals surface area contributed by atoms with E-state index < -0.39 is 5.91 Å². The smallest absolute Gasteiger partial charge is 0.317 e. The number of fused-ring (bicyclic) bond motifs is 1. The van der Waals surface area contributed by atoms with Crippen LogP contribution in [0.15, 0.2) is 39.7 Å². The van der Waals surface area contributed by atoms with Gasteiger partial charge in [-0.15, -0.1) is 0 Å². The predicted molar refractivity (Wildman–Crippen MR) is 96.5 cm³/mol. The van der Waals surface area contributed by atoms with Gasteiger partial charge in [0.15, 0.2) is 4.80 Å². The first-order valence-electron chi connectivity index (χ1n) is 7.00. The molecule has 5 nitrogen and oxygen atoms in total. The lowest BCUT2D eigenvalue weighted by molar-refractivity contribution is -0.119. The van der Waals surface area contributed by atoms with Crippen LogP contribution in [0.5, 0.6) is 0 Å². The first-order chi connectivity index (χ1) is 11.2. The number of aryl methyl sites for hydroxylation is 1. The zero-order chi connectivity index (χ0) is 16.2. The Morgan fingerprint density at radius 3 is 3.09 bits per heavy atom. The number of thioether (sulfide) groups is 1. The summed E-state index contributed by atoms with van der Waals surface area (Å²) in [6, 6.07) is 6.08. The molecule has 122 valence electrons. The fourth-order valence-electron chi connectivity index (χ4n) is 2.15. The van der Waals surface area contributed by atoms with E-state index in [0.717, 1.165) is 27.0 Å². The van der Waals surface area contributed by atoms with Crippen LogP contribution in [-0.2, 0) is 20.8 Å². The molecule has 0 spiro atoms. The number of benzene rings is 1. The highest BCUT2D eigenvalue weighted by Gasteiger charge is 2.15. The van der Waals surface area contributed by atoms with Crippen molar-refractivity contribution in [1.29, 1.82) is 0 Å². The van der Waals surface area contributed by atoms with E-state index in [9.17, 15) is 4.79 Å². The summed E-state index contributed by atoms with van der Waals surface area (Å²) in [5.74, 6) is 0.700. The number of carbonyl (C=O) groups excluding carboxylic acids is 1. The van der Waals surface area contributed by atoms with Gasteiger partial charge < -0.3 is 14.0 Å². The SMILES string of the molecule is CSCCn1c(=NC(=O)C2=COCCO2)sc2cc(Br)ccc21. The van der Waals surface area contributed by atoms with Crippen molar-refractivity contribution in [3.8, 4) is 0 Å². The van der Waals surface area contributed by atoms with E-state index >= 15 is 0 Å². The second-order valence-electron chi connectivity index (χ2n) is 4.76. The van der Waals surface area contributed by atoms with E-state index in [0.29, 0.717) is 18.0 Å². The molecule has 0 saturated heterocycles. The highest BCUT2D eigenvalue weighted by atomic mass is 79.9. The number of thiazole rings is 1. The van der Waals surface area contributed by atoms with Gasteiger partial charge in [0, 0.05) is 16.8 Å². The predicted octanol–water partition coefficient (Wildman–Crippen LogP) is 3.14. The molecule has 0 atom stereocenters. The Balaban J connectivity index is 2.05. The normalized spacial score (nSPS) is 15.2. The van der Waals surface area contributed by atoms with Crippen LogP contribution in [0.25, 0.3) is 10.2 Å². The molecule has 0 N–H and O–H groups in total. The first-order valence-corrected chi connectivity index (χ1v) is 10.0. The quantitative estimate of drug-likeness (QED) is 0.770. The summed E-state index contributed by atoms with van der Waals surface area (Å²) in [4.78, 5) is 17.2. The Bertz CT molecular complexity index is 826. The number of aromatic nitrogens is 1. The molecule has 23 heavy (non-hydrogen) atoms. The van der Waals surface area contributed by atoms with Gasteiger partial charge in [-0.1, -0.05) is 27.3 Å². The van der Waals surface area contributed by atoms with Gasteiger partial charge in [0.25, 0.3) is 0 Å². The number of carbonyl (C=O) groups is 1. The molecule has 2 aromatic rings. The topological polar surface area (TPSA) is 52.8 Å². The van der Waals surface area contributed by atoms with Crippen LogP contribution in [0.1, 0.15) is 0 Å². The van der Waals surface area contributed by atoms with Crippen LogP contribution in [0.2, 0.25) is 0 Å². The van der Waals surface area contributed by atoms with Crippen molar-refractivity contribution >= 4 is 55.2 Å². The zero-order valence-corrected chi connectivity index (χ0v) is 15.7. The van der Waals surface area contributed by atoms with E-state index in [2.05, 4.69) is 31.7 Å². The molecule has 0 radical (unpaired) electrons. The molecule has 3 rings (SSSR count). The molecule has 0 bridgehead atoms. The summed E-state index contributed by atoms with van der Waals surface area (Å²) in [7, 11) is 0. The fourth-order valence-corrected chi connectivity index (χ4v) is 4.13. The van der Waals surface area contributed by atoms with Crippen molar-refractivity contribution in [2.75, 3.05) is 25.2 Å². The third-order valence-corrected chi connectivity index (χ3v) is 5.35. The minimum atomic E-state index is -0.409. The summed E-state index contributed by atoms with van der Waals surface area (Å²) in [6.45, 7) is 1.63. The second-order valence-corrected chi connectivity index (χ2v) is 7.67. The molecule has 1 aromatic heterocycles. The second kappa shape index (κ2) is 7.55. The average Bonchev–Trinajstić information content (AvgIpc) is 2.89. The number of nitrogens with zero attached hydrogens (tertiary/aromatic N) is 2. The largest absolute Gasteiger partial charge is 0.494 e. The first kappa shape index (κ1) is 16.6. The third-order valence-electron chi connectivity index (χ3n) is 3.22. The summed E-state index contributed by atoms with van der Waals surface area (Å²) >= 11 is 6.73. The Hall–Kier alpha value is -1.25. The van der Waals surface area contributed by atoms with Gasteiger partial charge in [-0.05, 0) is 24.5 Å². The molecule has 0 unspecified atom stereocenters. The summed E-state index contributed by atoms with van der Waals surface area (Å²) in [5, 5.41) is 0. The van der Waals surface area contributed by atoms with E-state index in [4.69, 9.17) is 9.47 Å². The molecule has 1 aliphatic rings. The van der Waals surface area contributed by atoms with Crippen molar-refractivity contribution in [3.63, 3.8) is 0 Å². The maximum absolute atomic E-state index is 12.3. The Morgan fingerprint density at radius 2 is 2.35 bits per heavy atom. The maximum atomic E-state index is 12.3. The summed E-state index contributed by atoms with van der Waals surface area (Å²) in [5.41, 5.74) is 1.08. The van der Waals surface area contributed by atoms with E-state index in [1.165, 1.54) is 17.6 Å². The van der Waals surface area contributed by atoms with Gasteiger partial charge >= 0.3 is 5.91 Å². The van der Waals surface area contributed by atoms with Crippen LogP contribution < -0.4 is 4.80 Å². The summed E-state index contributed by atoms with van der Waals surface area (Å²) in [6.07, 6.45) is 3.40. The van der Waals surface area contributed by atoms with Crippen LogP contribution in [0.4, 0.5) is 0 Å². The van der Waals surface area contributed by atoms with Crippen molar-refractivity contribution in [1.82, 2.24) is 4.57 Å². The van der Waals surface area contributed by atoms with Gasteiger partial charge in [-0.3, -0.25) is 4.79 Å². The van der Waals surface area contributed by atoms with Crippen LogP contribution in [0, 0.1) is 0 Å². The molecule has 0 fully saturated rings. The molecule has 0 aliphatic carbocycles. The van der Waals surface area contributed by atoms with Crippen molar-refractivity contribution in [2.24, 2.45) is 4.99 Å². The summed E-state index contributed by atoms with van der Waals surface area (Å²) < 4.78 is 14.6. The molecular formula is C15H15BrN2O3S2. The van der Waals surface area contributed by atoms with E-state index in [1.54, 1.807) is 11.8 Å². The maximum Gasteiger partial charge on any atom is 0.317 e. The minimum Gasteiger partial charge on any atom is -0.494 e. The number of hydrogen-bond donors (Lipinski definition) is 0.